The van der Waals surface area contributed by atoms with Crippen molar-refractivity contribution in [2.75, 3.05) is 6.54 Å². The van der Waals surface area contributed by atoms with Gasteiger partial charge in [0, 0.05) is 17.5 Å². The number of benzene rings is 2. The van der Waals surface area contributed by atoms with Crippen molar-refractivity contribution in [2.45, 2.75) is 47.0 Å². The van der Waals surface area contributed by atoms with E-state index in [9.17, 15) is 4.79 Å². The van der Waals surface area contributed by atoms with Crippen molar-refractivity contribution in [1.82, 2.24) is 5.32 Å². The number of nitrogens with one attached hydrogen (secondary N) is 1. The van der Waals surface area contributed by atoms with Crippen molar-refractivity contribution in [3.8, 4) is 0 Å². The number of carbonyl (C=O) groups is 1. The molecule has 1 N–H and O–H groups in total. The molecule has 1 atom stereocenters. The quantitative estimate of drug-likeness (QED) is 0.627. The van der Waals surface area contributed by atoms with Gasteiger partial charge in [-0.2, -0.15) is 0 Å². The number of amides is 1. The van der Waals surface area contributed by atoms with Gasteiger partial charge in [-0.25, -0.2) is 0 Å². The smallest absolute Gasteiger partial charge is 0.223 e. The molecule has 0 aromatic heterocycles. The van der Waals surface area contributed by atoms with E-state index in [4.69, 9.17) is 11.6 Å². The van der Waals surface area contributed by atoms with Crippen molar-refractivity contribution in [2.24, 2.45) is 11.3 Å². The number of hydrogen-bond donors (Lipinski definition) is 1. The van der Waals surface area contributed by atoms with Crippen molar-refractivity contribution in [1.29, 1.82) is 0 Å². The Morgan fingerprint density at radius 2 is 1.57 bits per heavy atom. The summed E-state index contributed by atoms with van der Waals surface area (Å²) in [5.74, 6) is 0.187. The van der Waals surface area contributed by atoms with E-state index in [1.807, 2.05) is 12.1 Å². The molecule has 2 nitrogen and oxygen atoms in total. The largest absolute Gasteiger partial charge is 0.355 e. The molecule has 0 bridgehead atoms. The van der Waals surface area contributed by atoms with Crippen molar-refractivity contribution in [3.63, 3.8) is 0 Å². The Hall–Kier alpha value is -2.06. The monoisotopic (exact) mass is 395 g/mol. The second kappa shape index (κ2) is 8.53. The van der Waals surface area contributed by atoms with Crippen LogP contribution in [0.25, 0.3) is 11.1 Å². The lowest BCUT2D eigenvalue weighted by atomic mass is 9.78. The van der Waals surface area contributed by atoms with Gasteiger partial charge in [-0.05, 0) is 66.0 Å². The summed E-state index contributed by atoms with van der Waals surface area (Å²) >= 11 is 6.10. The predicted octanol–water partition coefficient (Wildman–Crippen LogP) is 6.52. The maximum absolute atomic E-state index is 12.8. The fraction of sp³-hybridized carbons (Fsp3) is 0.400. The normalized spacial score (nSPS) is 17.5. The van der Waals surface area contributed by atoms with Crippen LogP contribution in [0.5, 0.6) is 0 Å². The number of allylic oxidation sites excluding steroid dienone is 2. The Kier molecular flexibility index (Phi) is 6.30. The van der Waals surface area contributed by atoms with E-state index < -0.39 is 0 Å². The molecular formula is C25H30ClNO. The fourth-order valence-corrected chi connectivity index (χ4v) is 3.80. The zero-order chi connectivity index (χ0) is 20.3. The maximum atomic E-state index is 12.8. The summed E-state index contributed by atoms with van der Waals surface area (Å²) in [5.41, 5.74) is 6.38. The summed E-state index contributed by atoms with van der Waals surface area (Å²) in [7, 11) is 0. The molecular weight excluding hydrogens is 366 g/mol. The van der Waals surface area contributed by atoms with E-state index in [-0.39, 0.29) is 17.2 Å². The van der Waals surface area contributed by atoms with Gasteiger partial charge in [0.2, 0.25) is 5.91 Å². The van der Waals surface area contributed by atoms with Crippen LogP contribution in [0, 0.1) is 18.3 Å². The summed E-state index contributed by atoms with van der Waals surface area (Å²) in [6, 6.07) is 16.7. The summed E-state index contributed by atoms with van der Waals surface area (Å²) in [6.07, 6.45) is 2.56. The second-order valence-electron chi connectivity index (χ2n) is 9.05. The molecule has 2 aromatic carbocycles. The van der Waals surface area contributed by atoms with Gasteiger partial charge in [-0.3, -0.25) is 4.79 Å². The third-order valence-corrected chi connectivity index (χ3v) is 5.57. The van der Waals surface area contributed by atoms with E-state index >= 15 is 0 Å². The van der Waals surface area contributed by atoms with Gasteiger partial charge in [0.25, 0.3) is 0 Å². The third kappa shape index (κ3) is 5.26. The topological polar surface area (TPSA) is 29.1 Å². The molecule has 0 saturated carbocycles. The molecule has 0 saturated heterocycles. The second-order valence-corrected chi connectivity index (χ2v) is 9.48. The van der Waals surface area contributed by atoms with Gasteiger partial charge in [0.15, 0.2) is 0 Å². The minimum atomic E-state index is 0.0160. The highest BCUT2D eigenvalue weighted by Gasteiger charge is 2.28. The molecule has 3 rings (SSSR count). The molecule has 1 aliphatic carbocycles. The Morgan fingerprint density at radius 3 is 2.18 bits per heavy atom. The summed E-state index contributed by atoms with van der Waals surface area (Å²) in [4.78, 5) is 12.8. The van der Waals surface area contributed by atoms with E-state index in [1.165, 1.54) is 22.3 Å². The van der Waals surface area contributed by atoms with Crippen LogP contribution < -0.4 is 5.32 Å². The SMILES string of the molecule is Cc1ccc(C2=C(c3ccc(Cl)cc3)CC(C(=O)NCC(C)(C)C)CC2)cc1. The molecule has 28 heavy (non-hydrogen) atoms. The van der Waals surface area contributed by atoms with Crippen LogP contribution in [0.15, 0.2) is 48.5 Å². The molecule has 1 unspecified atom stereocenters. The van der Waals surface area contributed by atoms with Gasteiger partial charge in [-0.15, -0.1) is 0 Å². The first-order valence-corrected chi connectivity index (χ1v) is 10.4. The first kappa shape index (κ1) is 20.7. The average molecular weight is 396 g/mol. The highest BCUT2D eigenvalue weighted by atomic mass is 35.5. The molecule has 148 valence electrons. The Bertz CT molecular complexity index is 857. The Balaban J connectivity index is 1.91. The summed E-state index contributed by atoms with van der Waals surface area (Å²) < 4.78 is 0. The molecule has 0 radical (unpaired) electrons. The molecule has 0 heterocycles. The molecule has 0 spiro atoms. The minimum absolute atomic E-state index is 0.0160. The van der Waals surface area contributed by atoms with E-state index in [2.05, 4.69) is 69.4 Å². The third-order valence-electron chi connectivity index (χ3n) is 5.31. The average Bonchev–Trinajstić information content (AvgIpc) is 2.66. The zero-order valence-electron chi connectivity index (χ0n) is 17.3. The number of halogens is 1. The molecule has 1 aliphatic rings. The standard InChI is InChI=1S/C25H30ClNO/c1-17-5-7-18(8-6-17)22-14-11-20(24(28)27-16-25(2,3)4)15-23(22)19-9-12-21(26)13-10-19/h5-10,12-13,20H,11,14-16H2,1-4H3,(H,27,28). The van der Waals surface area contributed by atoms with Crippen LogP contribution in [0.2, 0.25) is 5.02 Å². The number of aryl methyl sites for hydroxylation is 1. The van der Waals surface area contributed by atoms with E-state index in [0.717, 1.165) is 29.8 Å². The van der Waals surface area contributed by atoms with E-state index in [1.54, 1.807) is 0 Å². The van der Waals surface area contributed by atoms with Gasteiger partial charge in [-0.1, -0.05) is 74.3 Å². The van der Waals surface area contributed by atoms with Crippen molar-refractivity contribution in [3.05, 3.63) is 70.2 Å². The van der Waals surface area contributed by atoms with Crippen LogP contribution in [0.4, 0.5) is 0 Å². The summed E-state index contributed by atoms with van der Waals surface area (Å²) in [5, 5.41) is 3.89. The maximum Gasteiger partial charge on any atom is 0.223 e. The van der Waals surface area contributed by atoms with Crippen LogP contribution in [0.1, 0.15) is 56.7 Å². The van der Waals surface area contributed by atoms with Gasteiger partial charge in [0.05, 0.1) is 0 Å². The number of rotatable bonds is 4. The predicted molar refractivity (Wildman–Crippen MR) is 119 cm³/mol. The van der Waals surface area contributed by atoms with Crippen molar-refractivity contribution >= 4 is 28.7 Å². The molecule has 1 amide bonds. The van der Waals surface area contributed by atoms with Crippen LogP contribution in [-0.2, 0) is 4.79 Å². The molecule has 0 aliphatic heterocycles. The highest BCUT2D eigenvalue weighted by Crippen LogP contribution is 2.41. The van der Waals surface area contributed by atoms with Gasteiger partial charge < -0.3 is 5.32 Å². The van der Waals surface area contributed by atoms with E-state index in [0.29, 0.717) is 6.54 Å². The molecule has 0 fully saturated rings. The molecule has 3 heteroatoms. The van der Waals surface area contributed by atoms with Gasteiger partial charge >= 0.3 is 0 Å². The summed E-state index contributed by atoms with van der Waals surface area (Å²) in [6.45, 7) is 9.23. The van der Waals surface area contributed by atoms with Gasteiger partial charge in [0.1, 0.15) is 0 Å². The Morgan fingerprint density at radius 1 is 1.00 bits per heavy atom. The molecule has 2 aromatic rings. The van der Waals surface area contributed by atoms with Crippen LogP contribution in [0.3, 0.4) is 0 Å². The van der Waals surface area contributed by atoms with Crippen LogP contribution in [-0.4, -0.2) is 12.5 Å². The zero-order valence-corrected chi connectivity index (χ0v) is 18.1. The van der Waals surface area contributed by atoms with Crippen molar-refractivity contribution < 1.29 is 4.79 Å². The Labute approximate surface area is 174 Å². The lowest BCUT2D eigenvalue weighted by Gasteiger charge is -2.29. The fourth-order valence-electron chi connectivity index (χ4n) is 3.68. The van der Waals surface area contributed by atoms with Crippen LogP contribution >= 0.6 is 11.6 Å². The first-order valence-electron chi connectivity index (χ1n) is 10.1. The lowest BCUT2D eigenvalue weighted by Crippen LogP contribution is -2.37. The number of hydrogen-bond acceptors (Lipinski definition) is 1. The highest BCUT2D eigenvalue weighted by molar-refractivity contribution is 6.30. The minimum Gasteiger partial charge on any atom is -0.355 e. The lowest BCUT2D eigenvalue weighted by molar-refractivity contribution is -0.125. The first-order chi connectivity index (χ1) is 13.2. The number of carbonyl (C=O) groups excluding carboxylic acids is 1.